The highest BCUT2D eigenvalue weighted by molar-refractivity contribution is 6.10. The zero-order valence-corrected chi connectivity index (χ0v) is 14.8. The van der Waals surface area contributed by atoms with Crippen molar-refractivity contribution in [1.82, 2.24) is 9.80 Å². The molecule has 3 aliphatic heterocycles. The lowest BCUT2D eigenvalue weighted by Gasteiger charge is -2.26. The number of allylic oxidation sites excluding steroid dienone is 2. The number of nitrogens with zero attached hydrogens (tertiary/aromatic N) is 3. The second kappa shape index (κ2) is 7.28. The summed E-state index contributed by atoms with van der Waals surface area (Å²) in [5, 5.41) is 0. The molecule has 5 nitrogen and oxygen atoms in total. The van der Waals surface area contributed by atoms with Crippen molar-refractivity contribution in [3.05, 3.63) is 59.8 Å². The number of hydrogen-bond acceptors (Lipinski definition) is 4. The molecule has 134 valence electrons. The van der Waals surface area contributed by atoms with Crippen LogP contribution >= 0.6 is 0 Å². The van der Waals surface area contributed by atoms with Gasteiger partial charge in [-0.2, -0.15) is 0 Å². The largest absolute Gasteiger partial charge is 0.339 e. The second-order valence-corrected chi connectivity index (χ2v) is 6.98. The lowest BCUT2D eigenvalue weighted by Crippen LogP contribution is -2.39. The third kappa shape index (κ3) is 3.21. The molecular weight excluding hydrogens is 326 g/mol. The highest BCUT2D eigenvalue weighted by Gasteiger charge is 2.32. The summed E-state index contributed by atoms with van der Waals surface area (Å²) in [7, 11) is 0. The number of ketones is 1. The maximum atomic E-state index is 12.8. The molecule has 0 bridgehead atoms. The predicted octanol–water partition coefficient (Wildman–Crippen LogP) is 3.05. The zero-order valence-electron chi connectivity index (χ0n) is 14.8. The van der Waals surface area contributed by atoms with Gasteiger partial charge in [-0.25, -0.2) is 0 Å². The molecule has 5 heteroatoms. The van der Waals surface area contributed by atoms with E-state index in [-0.39, 0.29) is 23.9 Å². The van der Waals surface area contributed by atoms with Crippen molar-refractivity contribution < 1.29 is 9.59 Å². The number of carbonyl (C=O) groups is 2. The van der Waals surface area contributed by atoms with Crippen LogP contribution < -0.4 is 0 Å². The molecule has 1 amide bonds. The third-order valence-corrected chi connectivity index (χ3v) is 5.24. The Labute approximate surface area is 153 Å². The van der Waals surface area contributed by atoms with Gasteiger partial charge in [0.05, 0.1) is 0 Å². The molecular formula is C21H23N3O2. The minimum absolute atomic E-state index is 0.00460. The molecule has 2 atom stereocenters. The van der Waals surface area contributed by atoms with Gasteiger partial charge in [0.2, 0.25) is 0 Å². The van der Waals surface area contributed by atoms with E-state index in [1.807, 2.05) is 34.2 Å². The van der Waals surface area contributed by atoms with Crippen LogP contribution in [0.4, 0.5) is 0 Å². The topological polar surface area (TPSA) is 53.0 Å². The first kappa shape index (κ1) is 16.8. The fourth-order valence-electron chi connectivity index (χ4n) is 3.74. The number of amides is 1. The van der Waals surface area contributed by atoms with Crippen molar-refractivity contribution >= 4 is 17.9 Å². The van der Waals surface area contributed by atoms with Gasteiger partial charge in [-0.1, -0.05) is 31.1 Å². The SMILES string of the molecule is O=C(c1ccc(C(=O)N2CCCCCC2)cc1)C1C=NC2C=CC=CN21. The van der Waals surface area contributed by atoms with E-state index in [0.29, 0.717) is 11.1 Å². The zero-order chi connectivity index (χ0) is 17.9. The van der Waals surface area contributed by atoms with Gasteiger partial charge in [-0.15, -0.1) is 0 Å². The summed E-state index contributed by atoms with van der Waals surface area (Å²) in [5.74, 6) is 0.0717. The van der Waals surface area contributed by atoms with E-state index in [4.69, 9.17) is 0 Å². The highest BCUT2D eigenvalue weighted by Crippen LogP contribution is 2.22. The van der Waals surface area contributed by atoms with Crippen LogP contribution in [0.5, 0.6) is 0 Å². The molecule has 3 heterocycles. The Morgan fingerprint density at radius 1 is 0.923 bits per heavy atom. The Kier molecular flexibility index (Phi) is 4.69. The van der Waals surface area contributed by atoms with Crippen molar-refractivity contribution in [2.75, 3.05) is 13.1 Å². The van der Waals surface area contributed by atoms with Crippen molar-refractivity contribution in [3.8, 4) is 0 Å². The van der Waals surface area contributed by atoms with E-state index in [2.05, 4.69) is 4.99 Å². The first-order valence-corrected chi connectivity index (χ1v) is 9.33. The minimum Gasteiger partial charge on any atom is -0.339 e. The average Bonchev–Trinajstić information content (AvgIpc) is 2.93. The van der Waals surface area contributed by atoms with Crippen LogP contribution in [-0.4, -0.2) is 53.0 Å². The second-order valence-electron chi connectivity index (χ2n) is 6.98. The number of fused-ring (bicyclic) bond motifs is 1. The Morgan fingerprint density at radius 2 is 1.62 bits per heavy atom. The number of rotatable bonds is 3. The molecule has 0 saturated carbocycles. The van der Waals surface area contributed by atoms with Gasteiger partial charge in [-0.05, 0) is 37.1 Å². The average molecular weight is 349 g/mol. The summed E-state index contributed by atoms with van der Waals surface area (Å²) in [6.07, 6.45) is 13.9. The Morgan fingerprint density at radius 3 is 2.35 bits per heavy atom. The number of aliphatic imine (C=N–C) groups is 1. The van der Waals surface area contributed by atoms with Gasteiger partial charge in [-0.3, -0.25) is 14.6 Å². The van der Waals surface area contributed by atoms with E-state index in [0.717, 1.165) is 25.9 Å². The van der Waals surface area contributed by atoms with Crippen LogP contribution in [0, 0.1) is 0 Å². The molecule has 1 aromatic carbocycles. The van der Waals surface area contributed by atoms with Gasteiger partial charge < -0.3 is 9.80 Å². The molecule has 1 aromatic rings. The van der Waals surface area contributed by atoms with Gasteiger partial charge in [0.15, 0.2) is 5.78 Å². The van der Waals surface area contributed by atoms with E-state index in [1.54, 1.807) is 30.5 Å². The van der Waals surface area contributed by atoms with E-state index in [9.17, 15) is 9.59 Å². The molecule has 2 unspecified atom stereocenters. The number of carbonyl (C=O) groups excluding carboxylic acids is 2. The summed E-state index contributed by atoms with van der Waals surface area (Å²) in [4.78, 5) is 33.8. The van der Waals surface area contributed by atoms with Crippen LogP contribution in [-0.2, 0) is 0 Å². The van der Waals surface area contributed by atoms with E-state index in [1.165, 1.54) is 12.8 Å². The Hall–Kier alpha value is -2.69. The van der Waals surface area contributed by atoms with Crippen molar-refractivity contribution in [3.63, 3.8) is 0 Å². The van der Waals surface area contributed by atoms with Gasteiger partial charge in [0.1, 0.15) is 12.2 Å². The summed E-state index contributed by atoms with van der Waals surface area (Å²) in [5.41, 5.74) is 1.26. The lowest BCUT2D eigenvalue weighted by atomic mass is 10.0. The molecule has 1 saturated heterocycles. The maximum absolute atomic E-state index is 12.8. The van der Waals surface area contributed by atoms with Crippen LogP contribution in [0.25, 0.3) is 0 Å². The Bertz CT molecular complexity index is 771. The minimum atomic E-state index is -0.381. The maximum Gasteiger partial charge on any atom is 0.253 e. The third-order valence-electron chi connectivity index (χ3n) is 5.24. The number of benzene rings is 1. The number of Topliss-reactive ketones (excluding diaryl/α,β-unsaturated/α-hetero) is 1. The highest BCUT2D eigenvalue weighted by atomic mass is 16.2. The molecule has 0 aliphatic carbocycles. The van der Waals surface area contributed by atoms with Crippen LogP contribution in [0.2, 0.25) is 0 Å². The summed E-state index contributed by atoms with van der Waals surface area (Å²) < 4.78 is 0. The number of likely N-dealkylation sites (tertiary alicyclic amines) is 1. The molecule has 4 rings (SSSR count). The fraction of sp³-hybridized carbons (Fsp3) is 0.381. The van der Waals surface area contributed by atoms with Crippen LogP contribution in [0.3, 0.4) is 0 Å². The lowest BCUT2D eigenvalue weighted by molar-refractivity contribution is 0.0761. The van der Waals surface area contributed by atoms with Crippen molar-refractivity contribution in [2.24, 2.45) is 4.99 Å². The monoisotopic (exact) mass is 349 g/mol. The van der Waals surface area contributed by atoms with E-state index >= 15 is 0 Å². The molecule has 0 radical (unpaired) electrons. The first-order valence-electron chi connectivity index (χ1n) is 9.33. The molecule has 3 aliphatic rings. The summed E-state index contributed by atoms with van der Waals surface area (Å²) >= 11 is 0. The summed E-state index contributed by atoms with van der Waals surface area (Å²) in [6, 6.07) is 6.69. The van der Waals surface area contributed by atoms with Gasteiger partial charge in [0.25, 0.3) is 5.91 Å². The molecule has 0 aromatic heterocycles. The van der Waals surface area contributed by atoms with Crippen molar-refractivity contribution in [2.45, 2.75) is 37.9 Å². The molecule has 0 spiro atoms. The van der Waals surface area contributed by atoms with Crippen molar-refractivity contribution in [1.29, 1.82) is 0 Å². The predicted molar refractivity (Wildman–Crippen MR) is 101 cm³/mol. The smallest absolute Gasteiger partial charge is 0.253 e. The Balaban J connectivity index is 1.46. The molecule has 1 fully saturated rings. The van der Waals surface area contributed by atoms with Crippen LogP contribution in [0.1, 0.15) is 46.4 Å². The molecule has 26 heavy (non-hydrogen) atoms. The number of hydrogen-bond donors (Lipinski definition) is 0. The quantitative estimate of drug-likeness (QED) is 0.788. The standard InChI is InChI=1S/C21H23N3O2/c25-20(18-15-22-19-7-3-6-14-24(18)19)16-8-10-17(11-9-16)21(26)23-12-4-1-2-5-13-23/h3,6-11,14-15,18-19H,1-2,4-5,12-13H2. The summed E-state index contributed by atoms with van der Waals surface area (Å²) in [6.45, 7) is 1.66. The normalized spacial score (nSPS) is 24.5. The fourth-order valence-corrected chi connectivity index (χ4v) is 3.74. The van der Waals surface area contributed by atoms with Gasteiger partial charge in [0, 0.05) is 36.6 Å². The molecule has 0 N–H and O–H groups in total. The van der Waals surface area contributed by atoms with E-state index < -0.39 is 0 Å². The van der Waals surface area contributed by atoms with Gasteiger partial charge >= 0.3 is 0 Å². The van der Waals surface area contributed by atoms with Crippen LogP contribution in [0.15, 0.2) is 53.7 Å². The first-order chi connectivity index (χ1) is 12.7.